The first kappa shape index (κ1) is 16.1. The summed E-state index contributed by atoms with van der Waals surface area (Å²) in [5, 5.41) is 8.95. The Morgan fingerprint density at radius 2 is 2.48 bits per heavy atom. The molecule has 1 unspecified atom stereocenters. The topological polar surface area (TPSA) is 71.3 Å². The quantitative estimate of drug-likeness (QED) is 0.841. The van der Waals surface area contributed by atoms with Crippen LogP contribution in [0.1, 0.15) is 32.1 Å². The van der Waals surface area contributed by atoms with Gasteiger partial charge in [0.15, 0.2) is 0 Å². The molecule has 0 radical (unpaired) electrons. The predicted molar refractivity (Wildman–Crippen MR) is 89.2 cm³/mol. The van der Waals surface area contributed by atoms with Crippen LogP contribution in [0.2, 0.25) is 0 Å². The lowest BCUT2D eigenvalue weighted by atomic mass is 10.2. The van der Waals surface area contributed by atoms with Gasteiger partial charge in [-0.15, -0.1) is 11.3 Å². The van der Waals surface area contributed by atoms with Gasteiger partial charge in [-0.05, 0) is 37.4 Å². The highest BCUT2D eigenvalue weighted by molar-refractivity contribution is 7.13. The molecule has 6 nitrogen and oxygen atoms in total. The van der Waals surface area contributed by atoms with Gasteiger partial charge < -0.3 is 9.84 Å². The van der Waals surface area contributed by atoms with Crippen molar-refractivity contribution in [1.29, 1.82) is 0 Å². The van der Waals surface area contributed by atoms with Gasteiger partial charge in [0, 0.05) is 25.4 Å². The minimum absolute atomic E-state index is 0.0452. The average Bonchev–Trinajstić information content (AvgIpc) is 3.31. The summed E-state index contributed by atoms with van der Waals surface area (Å²) in [6.45, 7) is 5.09. The van der Waals surface area contributed by atoms with Crippen LogP contribution in [-0.4, -0.2) is 46.6 Å². The fourth-order valence-electron chi connectivity index (χ4n) is 2.95. The van der Waals surface area contributed by atoms with E-state index in [2.05, 4.69) is 27.3 Å². The van der Waals surface area contributed by atoms with Gasteiger partial charge in [0.25, 0.3) is 0 Å². The molecule has 124 valence electrons. The van der Waals surface area contributed by atoms with Gasteiger partial charge in [0.05, 0.1) is 4.88 Å². The van der Waals surface area contributed by atoms with Gasteiger partial charge in [0.2, 0.25) is 17.6 Å². The molecule has 3 heterocycles. The molecule has 0 bridgehead atoms. The fraction of sp³-hybridized carbons (Fsp3) is 0.562. The fourth-order valence-corrected chi connectivity index (χ4v) is 3.59. The molecular weight excluding hydrogens is 312 g/mol. The summed E-state index contributed by atoms with van der Waals surface area (Å²) < 4.78 is 5.21. The molecule has 1 amide bonds. The summed E-state index contributed by atoms with van der Waals surface area (Å²) in [6.07, 6.45) is 3.25. The maximum Gasteiger partial charge on any atom is 0.227 e. The number of rotatable bonds is 7. The van der Waals surface area contributed by atoms with Crippen LogP contribution in [-0.2, 0) is 11.2 Å². The van der Waals surface area contributed by atoms with Crippen LogP contribution in [0.25, 0.3) is 10.7 Å². The second-order valence-electron chi connectivity index (χ2n) is 5.72. The minimum atomic E-state index is 0.0452. The first-order chi connectivity index (χ1) is 11.3. The molecule has 0 aromatic carbocycles. The number of aryl methyl sites for hydroxylation is 1. The number of nitrogens with zero attached hydrogens (tertiary/aromatic N) is 3. The van der Waals surface area contributed by atoms with E-state index in [4.69, 9.17) is 4.52 Å². The van der Waals surface area contributed by atoms with Crippen LogP contribution in [0.5, 0.6) is 0 Å². The van der Waals surface area contributed by atoms with Gasteiger partial charge in [-0.1, -0.05) is 18.1 Å². The minimum Gasteiger partial charge on any atom is -0.355 e. The highest BCUT2D eigenvalue weighted by atomic mass is 32.1. The predicted octanol–water partition coefficient (Wildman–Crippen LogP) is 2.33. The number of carbonyl (C=O) groups is 1. The molecule has 1 aliphatic rings. The smallest absolute Gasteiger partial charge is 0.227 e. The van der Waals surface area contributed by atoms with E-state index in [0.29, 0.717) is 30.6 Å². The Morgan fingerprint density at radius 3 is 3.26 bits per heavy atom. The van der Waals surface area contributed by atoms with Gasteiger partial charge >= 0.3 is 0 Å². The highest BCUT2D eigenvalue weighted by Gasteiger charge is 2.23. The Labute approximate surface area is 139 Å². The molecule has 23 heavy (non-hydrogen) atoms. The SMILES string of the molecule is CCN1CCCC1CNC(=O)CCc1nc(-c2cccs2)no1. The van der Waals surface area contributed by atoms with Gasteiger partial charge in [-0.3, -0.25) is 9.69 Å². The molecule has 2 aromatic rings. The molecule has 0 saturated carbocycles. The number of thiophene rings is 1. The van der Waals surface area contributed by atoms with Crippen LogP contribution >= 0.6 is 11.3 Å². The first-order valence-electron chi connectivity index (χ1n) is 8.13. The third-order valence-electron chi connectivity index (χ3n) is 4.22. The van der Waals surface area contributed by atoms with E-state index in [0.717, 1.165) is 24.5 Å². The van der Waals surface area contributed by atoms with E-state index >= 15 is 0 Å². The van der Waals surface area contributed by atoms with E-state index in [1.54, 1.807) is 11.3 Å². The summed E-state index contributed by atoms with van der Waals surface area (Å²) in [7, 11) is 0. The van der Waals surface area contributed by atoms with Crippen molar-refractivity contribution in [3.63, 3.8) is 0 Å². The zero-order valence-corrected chi connectivity index (χ0v) is 14.1. The molecule has 1 atom stereocenters. The number of likely N-dealkylation sites (N-methyl/N-ethyl adjacent to an activating group) is 1. The normalized spacial score (nSPS) is 18.4. The van der Waals surface area contributed by atoms with Crippen LogP contribution < -0.4 is 5.32 Å². The molecule has 2 aromatic heterocycles. The second kappa shape index (κ2) is 7.70. The van der Waals surface area contributed by atoms with Gasteiger partial charge in [0.1, 0.15) is 0 Å². The third-order valence-corrected chi connectivity index (χ3v) is 5.08. The van der Waals surface area contributed by atoms with E-state index in [1.165, 1.54) is 12.8 Å². The molecule has 3 rings (SSSR count). The van der Waals surface area contributed by atoms with Crippen molar-refractivity contribution in [2.75, 3.05) is 19.6 Å². The van der Waals surface area contributed by atoms with Gasteiger partial charge in [-0.25, -0.2) is 0 Å². The monoisotopic (exact) mass is 334 g/mol. The summed E-state index contributed by atoms with van der Waals surface area (Å²) in [5.74, 6) is 1.16. The standard InChI is InChI=1S/C16H22N4O2S/c1-2-20-9-3-5-12(20)11-17-14(21)7-8-15-18-16(19-22-15)13-6-4-10-23-13/h4,6,10,12H,2-3,5,7-9,11H2,1H3,(H,17,21). The molecule has 7 heteroatoms. The van der Waals surface area contributed by atoms with Crippen LogP contribution in [0, 0.1) is 0 Å². The maximum atomic E-state index is 12.0. The van der Waals surface area contributed by atoms with E-state index < -0.39 is 0 Å². The lowest BCUT2D eigenvalue weighted by Crippen LogP contribution is -2.40. The Bertz CT molecular complexity index is 626. The molecule has 1 saturated heterocycles. The average molecular weight is 334 g/mol. The van der Waals surface area contributed by atoms with Crippen LogP contribution in [0.3, 0.4) is 0 Å². The van der Waals surface area contributed by atoms with Gasteiger partial charge in [-0.2, -0.15) is 4.98 Å². The summed E-state index contributed by atoms with van der Waals surface area (Å²) in [5.41, 5.74) is 0. The molecular formula is C16H22N4O2S. The number of likely N-dealkylation sites (tertiary alicyclic amines) is 1. The molecule has 1 fully saturated rings. The number of hydrogen-bond acceptors (Lipinski definition) is 6. The van der Waals surface area contributed by atoms with Crippen molar-refractivity contribution in [1.82, 2.24) is 20.4 Å². The Hall–Kier alpha value is -1.73. The second-order valence-corrected chi connectivity index (χ2v) is 6.67. The van der Waals surface area contributed by atoms with Crippen molar-refractivity contribution < 1.29 is 9.32 Å². The molecule has 0 aliphatic carbocycles. The Kier molecular flexibility index (Phi) is 5.40. The lowest BCUT2D eigenvalue weighted by molar-refractivity contribution is -0.121. The Morgan fingerprint density at radius 1 is 1.57 bits per heavy atom. The number of aromatic nitrogens is 2. The molecule has 1 N–H and O–H groups in total. The van der Waals surface area contributed by atoms with Crippen LogP contribution in [0.15, 0.2) is 22.0 Å². The zero-order chi connectivity index (χ0) is 16.1. The third kappa shape index (κ3) is 4.17. The van der Waals surface area contributed by atoms with Crippen molar-refractivity contribution in [3.05, 3.63) is 23.4 Å². The van der Waals surface area contributed by atoms with Crippen LogP contribution in [0.4, 0.5) is 0 Å². The number of carbonyl (C=O) groups excluding carboxylic acids is 1. The van der Waals surface area contributed by atoms with Crippen molar-refractivity contribution in [2.24, 2.45) is 0 Å². The van der Waals surface area contributed by atoms with E-state index in [1.807, 2.05) is 17.5 Å². The first-order valence-corrected chi connectivity index (χ1v) is 9.01. The number of hydrogen-bond donors (Lipinski definition) is 1. The number of amides is 1. The molecule has 0 spiro atoms. The maximum absolute atomic E-state index is 12.0. The van der Waals surface area contributed by atoms with Crippen molar-refractivity contribution in [3.8, 4) is 10.7 Å². The van der Waals surface area contributed by atoms with Crippen molar-refractivity contribution >= 4 is 17.2 Å². The largest absolute Gasteiger partial charge is 0.355 e. The van der Waals surface area contributed by atoms with E-state index in [9.17, 15) is 4.79 Å². The highest BCUT2D eigenvalue weighted by Crippen LogP contribution is 2.21. The van der Waals surface area contributed by atoms with E-state index in [-0.39, 0.29) is 5.91 Å². The summed E-state index contributed by atoms with van der Waals surface area (Å²) >= 11 is 1.57. The Balaban J connectivity index is 1.42. The zero-order valence-electron chi connectivity index (χ0n) is 13.3. The number of nitrogens with one attached hydrogen (secondary N) is 1. The summed E-state index contributed by atoms with van der Waals surface area (Å²) in [4.78, 5) is 19.7. The lowest BCUT2D eigenvalue weighted by Gasteiger charge is -2.22. The molecule has 1 aliphatic heterocycles. The summed E-state index contributed by atoms with van der Waals surface area (Å²) in [6, 6.07) is 4.39. The van der Waals surface area contributed by atoms with Crippen molar-refractivity contribution in [2.45, 2.75) is 38.6 Å².